The number of halogens is 2. The second-order valence-electron chi connectivity index (χ2n) is 3.96. The molecule has 1 N–H and O–H groups in total. The highest BCUT2D eigenvalue weighted by molar-refractivity contribution is 5.94. The molecule has 2 aromatic rings. The van der Waals surface area contributed by atoms with Crippen molar-refractivity contribution in [2.75, 3.05) is 0 Å². The lowest BCUT2D eigenvalue weighted by Gasteiger charge is -2.05. The first-order valence-corrected chi connectivity index (χ1v) is 5.57. The van der Waals surface area contributed by atoms with E-state index in [1.807, 2.05) is 6.92 Å². The maximum absolute atomic E-state index is 13.0. The highest BCUT2D eigenvalue weighted by atomic mass is 19.2. The van der Waals surface area contributed by atoms with E-state index in [0.29, 0.717) is 5.69 Å². The topological polar surface area (TPSA) is 54.9 Å². The number of hydrogen-bond acceptors (Lipinski definition) is 3. The SMILES string of the molecule is Cc1cc(CNC(=O)c2ccc(F)c(F)c2)ncn1. The second-order valence-corrected chi connectivity index (χ2v) is 3.96. The molecule has 1 aromatic heterocycles. The van der Waals surface area contributed by atoms with Crippen LogP contribution in [0.4, 0.5) is 8.78 Å². The first-order valence-electron chi connectivity index (χ1n) is 5.57. The largest absolute Gasteiger partial charge is 0.346 e. The van der Waals surface area contributed by atoms with E-state index in [4.69, 9.17) is 0 Å². The van der Waals surface area contributed by atoms with Gasteiger partial charge in [0.15, 0.2) is 11.6 Å². The molecule has 0 spiro atoms. The molecule has 0 radical (unpaired) electrons. The van der Waals surface area contributed by atoms with Gasteiger partial charge in [-0.2, -0.15) is 0 Å². The normalized spacial score (nSPS) is 10.3. The number of carbonyl (C=O) groups excluding carboxylic acids is 1. The number of aromatic nitrogens is 2. The van der Waals surface area contributed by atoms with Crippen molar-refractivity contribution >= 4 is 5.91 Å². The van der Waals surface area contributed by atoms with Crippen molar-refractivity contribution in [2.45, 2.75) is 13.5 Å². The fourth-order valence-electron chi connectivity index (χ4n) is 1.52. The highest BCUT2D eigenvalue weighted by Crippen LogP contribution is 2.08. The summed E-state index contributed by atoms with van der Waals surface area (Å²) in [7, 11) is 0. The number of benzene rings is 1. The molecule has 0 unspecified atom stereocenters. The standard InChI is InChI=1S/C13H11F2N3O/c1-8-4-10(18-7-17-8)6-16-13(19)9-2-3-11(14)12(15)5-9/h2-5,7H,6H2,1H3,(H,16,19). The summed E-state index contributed by atoms with van der Waals surface area (Å²) < 4.78 is 25.7. The molecule has 0 saturated carbocycles. The van der Waals surface area contributed by atoms with E-state index in [0.717, 1.165) is 17.8 Å². The summed E-state index contributed by atoms with van der Waals surface area (Å²) in [5.74, 6) is -2.52. The van der Waals surface area contributed by atoms with Crippen molar-refractivity contribution in [1.82, 2.24) is 15.3 Å². The average Bonchev–Trinajstić information content (AvgIpc) is 2.39. The number of carbonyl (C=O) groups is 1. The number of nitrogens with one attached hydrogen (secondary N) is 1. The summed E-state index contributed by atoms with van der Waals surface area (Å²) >= 11 is 0. The Hall–Kier alpha value is -2.37. The molecular formula is C13H11F2N3O. The van der Waals surface area contributed by atoms with Crippen LogP contribution in [0.1, 0.15) is 21.7 Å². The molecule has 0 fully saturated rings. The highest BCUT2D eigenvalue weighted by Gasteiger charge is 2.09. The monoisotopic (exact) mass is 263 g/mol. The van der Waals surface area contributed by atoms with Crippen molar-refractivity contribution in [3.05, 3.63) is 59.2 Å². The average molecular weight is 263 g/mol. The van der Waals surface area contributed by atoms with Crippen LogP contribution < -0.4 is 5.32 Å². The Morgan fingerprint density at radius 2 is 2.00 bits per heavy atom. The molecule has 98 valence electrons. The summed E-state index contributed by atoms with van der Waals surface area (Å²) in [5, 5.41) is 2.57. The summed E-state index contributed by atoms with van der Waals surface area (Å²) in [6, 6.07) is 4.72. The molecule has 0 saturated heterocycles. The predicted octanol–water partition coefficient (Wildman–Crippen LogP) is 1.99. The summed E-state index contributed by atoms with van der Waals surface area (Å²) in [4.78, 5) is 19.6. The van der Waals surface area contributed by atoms with Crippen LogP contribution in [-0.4, -0.2) is 15.9 Å². The Balaban J connectivity index is 2.03. The quantitative estimate of drug-likeness (QED) is 0.921. The molecule has 1 heterocycles. The summed E-state index contributed by atoms with van der Waals surface area (Å²) in [6.07, 6.45) is 1.40. The Morgan fingerprint density at radius 1 is 1.21 bits per heavy atom. The van der Waals surface area contributed by atoms with Gasteiger partial charge in [0.1, 0.15) is 6.33 Å². The minimum atomic E-state index is -1.05. The maximum Gasteiger partial charge on any atom is 0.251 e. The smallest absolute Gasteiger partial charge is 0.251 e. The maximum atomic E-state index is 13.0. The van der Waals surface area contributed by atoms with Crippen molar-refractivity contribution < 1.29 is 13.6 Å². The van der Waals surface area contributed by atoms with Crippen molar-refractivity contribution in [3.63, 3.8) is 0 Å². The Kier molecular flexibility index (Phi) is 3.79. The minimum absolute atomic E-state index is 0.0599. The zero-order valence-electron chi connectivity index (χ0n) is 10.2. The molecule has 0 aliphatic heterocycles. The molecule has 2 rings (SSSR count). The van der Waals surface area contributed by atoms with Crippen LogP contribution in [0.25, 0.3) is 0 Å². The molecule has 0 aliphatic carbocycles. The number of amides is 1. The molecular weight excluding hydrogens is 252 g/mol. The van der Waals surface area contributed by atoms with Crippen LogP contribution in [0.15, 0.2) is 30.6 Å². The number of hydrogen-bond donors (Lipinski definition) is 1. The van der Waals surface area contributed by atoms with Gasteiger partial charge in [-0.3, -0.25) is 4.79 Å². The second kappa shape index (κ2) is 5.51. The first kappa shape index (κ1) is 13.1. The number of aryl methyl sites for hydroxylation is 1. The third-order valence-electron chi connectivity index (χ3n) is 2.47. The molecule has 4 nitrogen and oxygen atoms in total. The lowest BCUT2D eigenvalue weighted by molar-refractivity contribution is 0.0950. The molecule has 0 bridgehead atoms. The van der Waals surface area contributed by atoms with E-state index in [1.54, 1.807) is 6.07 Å². The molecule has 1 amide bonds. The number of nitrogens with zero attached hydrogens (tertiary/aromatic N) is 2. The van der Waals surface area contributed by atoms with Gasteiger partial charge < -0.3 is 5.32 Å². The Morgan fingerprint density at radius 3 is 2.68 bits per heavy atom. The zero-order valence-corrected chi connectivity index (χ0v) is 10.2. The van der Waals surface area contributed by atoms with Gasteiger partial charge in [0, 0.05) is 11.3 Å². The van der Waals surface area contributed by atoms with Crippen LogP contribution in [0.5, 0.6) is 0 Å². The summed E-state index contributed by atoms with van der Waals surface area (Å²) in [5.41, 5.74) is 1.49. The zero-order chi connectivity index (χ0) is 13.8. The van der Waals surface area contributed by atoms with Crippen LogP contribution in [0, 0.1) is 18.6 Å². The van der Waals surface area contributed by atoms with E-state index in [9.17, 15) is 13.6 Å². The minimum Gasteiger partial charge on any atom is -0.346 e. The van der Waals surface area contributed by atoms with Gasteiger partial charge in [0.05, 0.1) is 12.2 Å². The van der Waals surface area contributed by atoms with Gasteiger partial charge in [-0.25, -0.2) is 18.7 Å². The number of rotatable bonds is 3. The molecule has 1 aromatic carbocycles. The third-order valence-corrected chi connectivity index (χ3v) is 2.47. The van der Waals surface area contributed by atoms with E-state index in [1.165, 1.54) is 12.4 Å². The van der Waals surface area contributed by atoms with Crippen LogP contribution in [-0.2, 0) is 6.54 Å². The lowest BCUT2D eigenvalue weighted by Crippen LogP contribution is -2.23. The van der Waals surface area contributed by atoms with Crippen molar-refractivity contribution in [2.24, 2.45) is 0 Å². The molecule has 0 aliphatic rings. The van der Waals surface area contributed by atoms with Crippen molar-refractivity contribution in [3.8, 4) is 0 Å². The van der Waals surface area contributed by atoms with E-state index < -0.39 is 17.5 Å². The Bertz CT molecular complexity index is 617. The van der Waals surface area contributed by atoms with Crippen molar-refractivity contribution in [1.29, 1.82) is 0 Å². The predicted molar refractivity (Wildman–Crippen MR) is 64.3 cm³/mol. The molecule has 6 heteroatoms. The van der Waals surface area contributed by atoms with Gasteiger partial charge >= 0.3 is 0 Å². The fourth-order valence-corrected chi connectivity index (χ4v) is 1.52. The lowest BCUT2D eigenvalue weighted by atomic mass is 10.2. The van der Waals surface area contributed by atoms with Crippen LogP contribution >= 0.6 is 0 Å². The molecule has 19 heavy (non-hydrogen) atoms. The van der Waals surface area contributed by atoms with Gasteiger partial charge in [-0.15, -0.1) is 0 Å². The van der Waals surface area contributed by atoms with E-state index in [-0.39, 0.29) is 12.1 Å². The Labute approximate surface area is 108 Å². The van der Waals surface area contributed by atoms with Crippen LogP contribution in [0.2, 0.25) is 0 Å². The fraction of sp³-hybridized carbons (Fsp3) is 0.154. The summed E-state index contributed by atoms with van der Waals surface area (Å²) in [6.45, 7) is 2.00. The third kappa shape index (κ3) is 3.31. The molecule has 0 atom stereocenters. The van der Waals surface area contributed by atoms with E-state index in [2.05, 4.69) is 15.3 Å². The van der Waals surface area contributed by atoms with Gasteiger partial charge in [-0.05, 0) is 31.2 Å². The first-order chi connectivity index (χ1) is 9.06. The van der Waals surface area contributed by atoms with Gasteiger partial charge in [-0.1, -0.05) is 0 Å². The van der Waals surface area contributed by atoms with Crippen LogP contribution in [0.3, 0.4) is 0 Å². The van der Waals surface area contributed by atoms with Gasteiger partial charge in [0.25, 0.3) is 5.91 Å². The van der Waals surface area contributed by atoms with E-state index >= 15 is 0 Å². The van der Waals surface area contributed by atoms with Gasteiger partial charge in [0.2, 0.25) is 0 Å².